The molecule has 1 fully saturated rings. The average molecular weight is 230 g/mol. The van der Waals surface area contributed by atoms with Crippen LogP contribution in [0.4, 0.5) is 4.39 Å². The van der Waals surface area contributed by atoms with Crippen molar-refractivity contribution in [3.63, 3.8) is 0 Å². The maximum absolute atomic E-state index is 12.0. The summed E-state index contributed by atoms with van der Waals surface area (Å²) in [6.45, 7) is 2.32. The van der Waals surface area contributed by atoms with Crippen LogP contribution in [-0.2, 0) is 9.59 Å². The van der Waals surface area contributed by atoms with E-state index in [-0.39, 0.29) is 12.6 Å². The van der Waals surface area contributed by atoms with Crippen molar-refractivity contribution in [3.8, 4) is 0 Å². The van der Waals surface area contributed by atoms with E-state index in [1.165, 1.54) is 0 Å². The molecular formula is C10H15FN2O3. The first kappa shape index (κ1) is 12.6. The van der Waals surface area contributed by atoms with Gasteiger partial charge in [-0.1, -0.05) is 0 Å². The van der Waals surface area contributed by atoms with Gasteiger partial charge in [0.25, 0.3) is 0 Å². The number of carbonyl (C=O) groups is 2. The van der Waals surface area contributed by atoms with Crippen molar-refractivity contribution >= 4 is 11.9 Å². The summed E-state index contributed by atoms with van der Waals surface area (Å²) in [4.78, 5) is 25.2. The smallest absolute Gasteiger partial charge is 0.328 e. The van der Waals surface area contributed by atoms with Crippen LogP contribution in [-0.4, -0.2) is 66.2 Å². The van der Waals surface area contributed by atoms with Gasteiger partial charge < -0.3 is 10.0 Å². The molecule has 0 radical (unpaired) electrons. The van der Waals surface area contributed by atoms with E-state index in [2.05, 4.69) is 0 Å². The molecule has 0 unspecified atom stereocenters. The molecule has 90 valence electrons. The highest BCUT2D eigenvalue weighted by atomic mass is 19.1. The van der Waals surface area contributed by atoms with Crippen LogP contribution in [0.3, 0.4) is 0 Å². The Morgan fingerprint density at radius 2 is 1.81 bits per heavy atom. The number of carbonyl (C=O) groups excluding carboxylic acids is 1. The molecule has 0 aromatic heterocycles. The quantitative estimate of drug-likeness (QED) is 0.676. The molecule has 0 bridgehead atoms. The Morgan fingerprint density at radius 1 is 1.19 bits per heavy atom. The largest absolute Gasteiger partial charge is 0.478 e. The summed E-state index contributed by atoms with van der Waals surface area (Å²) in [6, 6.07) is 0. The topological polar surface area (TPSA) is 60.9 Å². The van der Waals surface area contributed by atoms with Gasteiger partial charge in [0, 0.05) is 44.9 Å². The number of amides is 1. The molecule has 0 aromatic carbocycles. The van der Waals surface area contributed by atoms with Gasteiger partial charge in [-0.15, -0.1) is 0 Å². The highest BCUT2D eigenvalue weighted by Gasteiger charge is 2.19. The zero-order valence-corrected chi connectivity index (χ0v) is 8.93. The molecule has 6 heteroatoms. The number of aliphatic carboxylic acids is 1. The van der Waals surface area contributed by atoms with E-state index in [4.69, 9.17) is 5.11 Å². The second-order valence-corrected chi connectivity index (χ2v) is 3.53. The van der Waals surface area contributed by atoms with E-state index in [0.29, 0.717) is 32.7 Å². The van der Waals surface area contributed by atoms with Crippen molar-refractivity contribution < 1.29 is 19.1 Å². The highest BCUT2D eigenvalue weighted by molar-refractivity contribution is 5.93. The fourth-order valence-corrected chi connectivity index (χ4v) is 1.56. The number of carboxylic acid groups (broad SMARTS) is 1. The lowest BCUT2D eigenvalue weighted by Gasteiger charge is -2.33. The summed E-state index contributed by atoms with van der Waals surface area (Å²) in [7, 11) is 0. The zero-order chi connectivity index (χ0) is 12.0. The molecule has 1 aliphatic rings. The third-order valence-electron chi connectivity index (χ3n) is 2.45. The molecule has 1 rings (SSSR count). The van der Waals surface area contributed by atoms with Gasteiger partial charge in [-0.25, -0.2) is 9.18 Å². The normalized spacial score (nSPS) is 17.9. The number of hydrogen-bond acceptors (Lipinski definition) is 3. The first-order chi connectivity index (χ1) is 7.63. The van der Waals surface area contributed by atoms with Crippen molar-refractivity contribution in [1.82, 2.24) is 9.80 Å². The first-order valence-corrected chi connectivity index (χ1v) is 5.11. The molecular weight excluding hydrogens is 215 g/mol. The zero-order valence-electron chi connectivity index (χ0n) is 8.93. The molecule has 0 atom stereocenters. The van der Waals surface area contributed by atoms with Gasteiger partial charge in [0.1, 0.15) is 6.67 Å². The lowest BCUT2D eigenvalue weighted by Crippen LogP contribution is -2.48. The third-order valence-corrected chi connectivity index (χ3v) is 2.45. The van der Waals surface area contributed by atoms with E-state index >= 15 is 0 Å². The molecule has 1 heterocycles. The summed E-state index contributed by atoms with van der Waals surface area (Å²) in [5, 5.41) is 8.37. The van der Waals surface area contributed by atoms with Crippen LogP contribution in [0.5, 0.6) is 0 Å². The Labute approximate surface area is 93.1 Å². The predicted octanol–water partition coefficient (Wildman–Crippen LogP) is -0.259. The summed E-state index contributed by atoms with van der Waals surface area (Å²) < 4.78 is 12.0. The Morgan fingerprint density at radius 3 is 2.31 bits per heavy atom. The molecule has 0 saturated carbocycles. The molecule has 1 aliphatic heterocycles. The number of rotatable bonds is 4. The second kappa shape index (κ2) is 6.22. The van der Waals surface area contributed by atoms with Crippen molar-refractivity contribution in [2.75, 3.05) is 39.4 Å². The van der Waals surface area contributed by atoms with Crippen LogP contribution in [0.25, 0.3) is 0 Å². The Hall–Kier alpha value is -1.43. The SMILES string of the molecule is O=C(O)/C=C/C(=O)N1CCN(CCF)CC1. The number of nitrogens with zero attached hydrogens (tertiary/aromatic N) is 2. The van der Waals surface area contributed by atoms with Crippen LogP contribution in [0.1, 0.15) is 0 Å². The minimum Gasteiger partial charge on any atom is -0.478 e. The summed E-state index contributed by atoms with van der Waals surface area (Å²) in [5.41, 5.74) is 0. The maximum Gasteiger partial charge on any atom is 0.328 e. The van der Waals surface area contributed by atoms with Gasteiger partial charge in [0.15, 0.2) is 0 Å². The van der Waals surface area contributed by atoms with Crippen molar-refractivity contribution in [2.45, 2.75) is 0 Å². The van der Waals surface area contributed by atoms with E-state index in [1.807, 2.05) is 4.90 Å². The van der Waals surface area contributed by atoms with E-state index in [0.717, 1.165) is 12.2 Å². The van der Waals surface area contributed by atoms with Gasteiger partial charge in [-0.3, -0.25) is 9.69 Å². The molecule has 0 aromatic rings. The Bertz CT molecular complexity index is 286. The maximum atomic E-state index is 12.0. The lowest BCUT2D eigenvalue weighted by molar-refractivity contribution is -0.132. The number of hydrogen-bond donors (Lipinski definition) is 1. The lowest BCUT2D eigenvalue weighted by atomic mass is 10.3. The van der Waals surface area contributed by atoms with Crippen LogP contribution >= 0.6 is 0 Å². The molecule has 1 N–H and O–H groups in total. The van der Waals surface area contributed by atoms with Crippen molar-refractivity contribution in [1.29, 1.82) is 0 Å². The van der Waals surface area contributed by atoms with E-state index in [9.17, 15) is 14.0 Å². The van der Waals surface area contributed by atoms with Gasteiger partial charge in [0.05, 0.1) is 0 Å². The monoisotopic (exact) mass is 230 g/mol. The molecule has 1 saturated heterocycles. The minimum atomic E-state index is -1.13. The van der Waals surface area contributed by atoms with E-state index < -0.39 is 5.97 Å². The van der Waals surface area contributed by atoms with Crippen molar-refractivity contribution in [3.05, 3.63) is 12.2 Å². The highest BCUT2D eigenvalue weighted by Crippen LogP contribution is 2.02. The molecule has 16 heavy (non-hydrogen) atoms. The number of piperazine rings is 1. The van der Waals surface area contributed by atoms with Crippen LogP contribution in [0.2, 0.25) is 0 Å². The Kier molecular flexibility index (Phi) is 4.91. The molecule has 1 amide bonds. The summed E-state index contributed by atoms with van der Waals surface area (Å²) >= 11 is 0. The first-order valence-electron chi connectivity index (χ1n) is 5.11. The number of alkyl halides is 1. The average Bonchev–Trinajstić information content (AvgIpc) is 2.27. The van der Waals surface area contributed by atoms with Crippen LogP contribution in [0, 0.1) is 0 Å². The summed E-state index contributed by atoms with van der Waals surface area (Å²) in [5.74, 6) is -1.44. The van der Waals surface area contributed by atoms with Gasteiger partial charge in [-0.05, 0) is 0 Å². The molecule has 5 nitrogen and oxygen atoms in total. The number of halogens is 1. The molecule has 0 aliphatic carbocycles. The van der Waals surface area contributed by atoms with Crippen LogP contribution < -0.4 is 0 Å². The number of carboxylic acids is 1. The Balaban J connectivity index is 2.35. The van der Waals surface area contributed by atoms with Crippen molar-refractivity contribution in [2.24, 2.45) is 0 Å². The van der Waals surface area contributed by atoms with Gasteiger partial charge in [0.2, 0.25) is 5.91 Å². The van der Waals surface area contributed by atoms with Crippen LogP contribution in [0.15, 0.2) is 12.2 Å². The van der Waals surface area contributed by atoms with Gasteiger partial charge >= 0.3 is 5.97 Å². The summed E-state index contributed by atoms with van der Waals surface area (Å²) in [6.07, 6.45) is 1.88. The fraction of sp³-hybridized carbons (Fsp3) is 0.600. The standard InChI is InChI=1S/C10H15FN2O3/c11-3-4-12-5-7-13(8-6-12)9(14)1-2-10(15)16/h1-2H,3-8H2,(H,15,16)/b2-1+. The second-order valence-electron chi connectivity index (χ2n) is 3.53. The van der Waals surface area contributed by atoms with Gasteiger partial charge in [-0.2, -0.15) is 0 Å². The predicted molar refractivity (Wildman–Crippen MR) is 55.8 cm³/mol. The third kappa shape index (κ3) is 3.98. The fourth-order valence-electron chi connectivity index (χ4n) is 1.56. The van der Waals surface area contributed by atoms with E-state index in [1.54, 1.807) is 4.90 Å². The minimum absolute atomic E-state index is 0.303. The molecule has 0 spiro atoms.